The van der Waals surface area contributed by atoms with Gasteiger partial charge in [0, 0.05) is 7.05 Å². The number of carbonyl (C=O) groups is 2. The molecule has 0 bridgehead atoms. The normalized spacial score (nSPS) is 8.25. The smallest absolute Gasteiger partial charge is 0.414 e. The zero-order valence-electron chi connectivity index (χ0n) is 4.29. The van der Waals surface area contributed by atoms with Crippen LogP contribution >= 0.6 is 9.24 Å². The molecular formula is C3H6NO3P. The Labute approximate surface area is 48.7 Å². The summed E-state index contributed by atoms with van der Waals surface area (Å²) < 4.78 is 0. The van der Waals surface area contributed by atoms with Crippen molar-refractivity contribution in [1.29, 1.82) is 0 Å². The van der Waals surface area contributed by atoms with E-state index in [0.29, 0.717) is 4.90 Å². The average molecular weight is 135 g/mol. The largest absolute Gasteiger partial charge is 0.465 e. The predicted octanol–water partition coefficient (Wildman–Crippen LogP) is 0.591. The molecule has 46 valence electrons. The summed E-state index contributed by atoms with van der Waals surface area (Å²) in [5.41, 5.74) is -0.558. The fraction of sp³-hybridized carbons (Fsp3) is 0.333. The molecular weight excluding hydrogens is 129 g/mol. The summed E-state index contributed by atoms with van der Waals surface area (Å²) in [4.78, 5) is 20.5. The van der Waals surface area contributed by atoms with Gasteiger partial charge in [0.05, 0.1) is 0 Å². The van der Waals surface area contributed by atoms with Crippen LogP contribution in [0.25, 0.3) is 0 Å². The van der Waals surface area contributed by atoms with Gasteiger partial charge in [-0.25, -0.2) is 9.69 Å². The first-order chi connectivity index (χ1) is 3.55. The SMILES string of the molecule is CN(C(=O)O)C(=O)P. The standard InChI is InChI=1S/C3H6NO3P/c1-4(2(5)6)3(7)8/h8H2,1H3,(H,5,6). The molecule has 0 aromatic rings. The zero-order valence-corrected chi connectivity index (χ0v) is 5.44. The van der Waals surface area contributed by atoms with Crippen LogP contribution in [0.15, 0.2) is 0 Å². The molecule has 2 amide bonds. The highest BCUT2D eigenvalue weighted by atomic mass is 31.0. The van der Waals surface area contributed by atoms with Crippen molar-refractivity contribution >= 4 is 21.0 Å². The molecule has 0 radical (unpaired) electrons. The fourth-order valence-electron chi connectivity index (χ4n) is 0.0943. The second-order valence-electron chi connectivity index (χ2n) is 1.18. The van der Waals surface area contributed by atoms with E-state index < -0.39 is 11.7 Å². The van der Waals surface area contributed by atoms with Gasteiger partial charge < -0.3 is 5.11 Å². The number of carboxylic acid groups (broad SMARTS) is 1. The molecule has 8 heavy (non-hydrogen) atoms. The minimum Gasteiger partial charge on any atom is -0.465 e. The van der Waals surface area contributed by atoms with Crippen LogP contribution in [0.4, 0.5) is 9.59 Å². The van der Waals surface area contributed by atoms with Crippen LogP contribution in [0.3, 0.4) is 0 Å². The lowest BCUT2D eigenvalue weighted by atomic mass is 10.9. The summed E-state index contributed by atoms with van der Waals surface area (Å²) >= 11 is 0. The Morgan fingerprint density at radius 1 is 1.62 bits per heavy atom. The summed E-state index contributed by atoms with van der Waals surface area (Å²) in [7, 11) is 2.93. The minimum absolute atomic E-state index is 0.558. The van der Waals surface area contributed by atoms with Crippen molar-refractivity contribution in [3.8, 4) is 0 Å². The molecule has 0 aromatic heterocycles. The van der Waals surface area contributed by atoms with E-state index in [1.807, 2.05) is 0 Å². The number of carbonyl (C=O) groups excluding carboxylic acids is 1. The quantitative estimate of drug-likeness (QED) is 0.494. The lowest BCUT2D eigenvalue weighted by molar-refractivity contribution is 0.164. The molecule has 1 unspecified atom stereocenters. The Morgan fingerprint density at radius 2 is 2.00 bits per heavy atom. The van der Waals surface area contributed by atoms with Crippen LogP contribution in [0, 0.1) is 0 Å². The molecule has 0 aromatic carbocycles. The van der Waals surface area contributed by atoms with Crippen molar-refractivity contribution in [2.24, 2.45) is 0 Å². The molecule has 0 fully saturated rings. The van der Waals surface area contributed by atoms with Crippen LogP contribution in [0.5, 0.6) is 0 Å². The van der Waals surface area contributed by atoms with Crippen molar-refractivity contribution in [1.82, 2.24) is 4.90 Å². The Kier molecular flexibility index (Phi) is 2.42. The summed E-state index contributed by atoms with van der Waals surface area (Å²) in [6.07, 6.45) is -1.25. The van der Waals surface area contributed by atoms with Gasteiger partial charge in [-0.2, -0.15) is 0 Å². The van der Waals surface area contributed by atoms with Crippen LogP contribution in [0.1, 0.15) is 0 Å². The van der Waals surface area contributed by atoms with Crippen molar-refractivity contribution < 1.29 is 14.7 Å². The van der Waals surface area contributed by atoms with Gasteiger partial charge in [-0.15, -0.1) is 0 Å². The molecule has 4 nitrogen and oxygen atoms in total. The van der Waals surface area contributed by atoms with Gasteiger partial charge in [-0.1, -0.05) is 0 Å². The first-order valence-electron chi connectivity index (χ1n) is 1.81. The third-order valence-corrected chi connectivity index (χ3v) is 1.00. The maximum absolute atomic E-state index is 10.1. The topological polar surface area (TPSA) is 57.6 Å². The molecule has 0 rings (SSSR count). The molecule has 1 atom stereocenters. The van der Waals surface area contributed by atoms with E-state index in [0.717, 1.165) is 0 Å². The van der Waals surface area contributed by atoms with E-state index in [2.05, 4.69) is 0 Å². The van der Waals surface area contributed by atoms with Gasteiger partial charge in [0.15, 0.2) is 0 Å². The fourth-order valence-corrected chi connectivity index (χ4v) is 0.205. The van der Waals surface area contributed by atoms with Crippen molar-refractivity contribution in [2.75, 3.05) is 7.05 Å². The molecule has 0 aliphatic carbocycles. The Morgan fingerprint density at radius 3 is 2.00 bits per heavy atom. The Hall–Kier alpha value is -0.630. The van der Waals surface area contributed by atoms with E-state index >= 15 is 0 Å². The number of imide groups is 1. The Bertz CT molecular complexity index is 110. The highest BCUT2D eigenvalue weighted by Crippen LogP contribution is 1.94. The van der Waals surface area contributed by atoms with E-state index in [1.54, 1.807) is 9.24 Å². The summed E-state index contributed by atoms with van der Waals surface area (Å²) in [6, 6.07) is 0. The van der Waals surface area contributed by atoms with Crippen LogP contribution in [-0.2, 0) is 0 Å². The summed E-state index contributed by atoms with van der Waals surface area (Å²) in [5, 5.41) is 8.04. The lowest BCUT2D eigenvalue weighted by Crippen LogP contribution is -2.26. The average Bonchev–Trinajstić information content (AvgIpc) is 1.64. The first-order valence-corrected chi connectivity index (χ1v) is 2.39. The maximum atomic E-state index is 10.1. The van der Waals surface area contributed by atoms with Crippen LogP contribution in [0.2, 0.25) is 0 Å². The second kappa shape index (κ2) is 2.62. The molecule has 0 saturated heterocycles. The second-order valence-corrected chi connectivity index (χ2v) is 1.67. The molecule has 5 heteroatoms. The zero-order chi connectivity index (χ0) is 6.73. The van der Waals surface area contributed by atoms with E-state index in [4.69, 9.17) is 5.11 Å². The number of hydrogen-bond donors (Lipinski definition) is 1. The third-order valence-electron chi connectivity index (χ3n) is 0.618. The third kappa shape index (κ3) is 1.89. The minimum atomic E-state index is -1.25. The lowest BCUT2D eigenvalue weighted by Gasteiger charge is -2.04. The van der Waals surface area contributed by atoms with Crippen LogP contribution in [-0.4, -0.2) is 28.8 Å². The summed E-state index contributed by atoms with van der Waals surface area (Å²) in [5.74, 6) is 0. The van der Waals surface area contributed by atoms with E-state index in [1.165, 1.54) is 7.05 Å². The molecule has 0 spiro atoms. The molecule has 0 aliphatic heterocycles. The van der Waals surface area contributed by atoms with Gasteiger partial charge in [-0.3, -0.25) is 4.79 Å². The van der Waals surface area contributed by atoms with Gasteiger partial charge >= 0.3 is 6.09 Å². The summed E-state index contributed by atoms with van der Waals surface area (Å²) in [6.45, 7) is 0. The Balaban J connectivity index is 3.83. The monoisotopic (exact) mass is 135 g/mol. The molecule has 0 heterocycles. The molecule has 1 N–H and O–H groups in total. The maximum Gasteiger partial charge on any atom is 0.414 e. The van der Waals surface area contributed by atoms with Gasteiger partial charge in [0.1, 0.15) is 0 Å². The highest BCUT2D eigenvalue weighted by Gasteiger charge is 2.08. The van der Waals surface area contributed by atoms with Gasteiger partial charge in [0.2, 0.25) is 5.65 Å². The van der Waals surface area contributed by atoms with Crippen molar-refractivity contribution in [2.45, 2.75) is 0 Å². The van der Waals surface area contributed by atoms with Crippen LogP contribution < -0.4 is 0 Å². The number of amides is 2. The van der Waals surface area contributed by atoms with E-state index in [9.17, 15) is 9.59 Å². The van der Waals surface area contributed by atoms with E-state index in [-0.39, 0.29) is 0 Å². The van der Waals surface area contributed by atoms with Gasteiger partial charge in [0.25, 0.3) is 0 Å². The highest BCUT2D eigenvalue weighted by molar-refractivity contribution is 7.39. The van der Waals surface area contributed by atoms with Crippen molar-refractivity contribution in [3.05, 3.63) is 0 Å². The molecule has 0 saturated carbocycles. The number of rotatable bonds is 0. The first kappa shape index (κ1) is 7.37. The number of nitrogens with zero attached hydrogens (tertiary/aromatic N) is 1. The number of hydrogen-bond acceptors (Lipinski definition) is 2. The predicted molar refractivity (Wildman–Crippen MR) is 30.9 cm³/mol. The van der Waals surface area contributed by atoms with Crippen molar-refractivity contribution in [3.63, 3.8) is 0 Å². The van der Waals surface area contributed by atoms with Gasteiger partial charge in [-0.05, 0) is 9.24 Å². The molecule has 0 aliphatic rings.